The third kappa shape index (κ3) is 3.92. The van der Waals surface area contributed by atoms with Crippen molar-refractivity contribution in [2.75, 3.05) is 26.2 Å². The molecule has 2 nitrogen and oxygen atoms in total. The monoisotopic (exact) mass is 352 g/mol. The van der Waals surface area contributed by atoms with E-state index in [2.05, 4.69) is 58.4 Å². The van der Waals surface area contributed by atoms with Crippen molar-refractivity contribution in [3.63, 3.8) is 0 Å². The summed E-state index contributed by atoms with van der Waals surface area (Å²) in [5.74, 6) is 0. The highest BCUT2D eigenvalue weighted by Gasteiger charge is 2.23. The zero-order chi connectivity index (χ0) is 13.8. The smallest absolute Gasteiger partial charge is 0.127 e. The van der Waals surface area contributed by atoms with Crippen molar-refractivity contribution in [3.05, 3.63) is 56.7 Å². The molecule has 0 saturated carbocycles. The van der Waals surface area contributed by atoms with Crippen molar-refractivity contribution >= 4 is 27.3 Å². The van der Waals surface area contributed by atoms with Gasteiger partial charge in [-0.05, 0) is 28.1 Å². The fourth-order valence-corrected chi connectivity index (χ4v) is 4.44. The van der Waals surface area contributed by atoms with E-state index < -0.39 is 0 Å². The summed E-state index contributed by atoms with van der Waals surface area (Å²) >= 11 is 5.42. The van der Waals surface area contributed by atoms with E-state index in [0.717, 1.165) is 0 Å². The molecule has 0 unspecified atom stereocenters. The summed E-state index contributed by atoms with van der Waals surface area (Å²) in [4.78, 5) is 4.96. The molecular weight excluding hydrogens is 332 g/mol. The molecule has 0 spiro atoms. The lowest BCUT2D eigenvalue weighted by Crippen LogP contribution is -3.27. The van der Waals surface area contributed by atoms with Crippen LogP contribution in [0.1, 0.15) is 10.4 Å². The lowest BCUT2D eigenvalue weighted by Gasteiger charge is -2.29. The maximum atomic E-state index is 3.55. The van der Waals surface area contributed by atoms with Gasteiger partial charge in [0.05, 0.1) is 8.66 Å². The minimum atomic E-state index is 1.18. The van der Waals surface area contributed by atoms with Gasteiger partial charge in [0.15, 0.2) is 0 Å². The molecule has 0 amide bonds. The van der Waals surface area contributed by atoms with Crippen LogP contribution in [-0.2, 0) is 13.1 Å². The molecule has 3 rings (SSSR count). The fraction of sp³-hybridized carbons (Fsp3) is 0.375. The molecule has 4 heteroatoms. The van der Waals surface area contributed by atoms with Crippen LogP contribution in [-0.4, -0.2) is 26.2 Å². The van der Waals surface area contributed by atoms with Crippen molar-refractivity contribution in [2.45, 2.75) is 13.1 Å². The van der Waals surface area contributed by atoms with Crippen LogP contribution in [0.2, 0.25) is 0 Å². The second kappa shape index (κ2) is 6.85. The van der Waals surface area contributed by atoms with Crippen molar-refractivity contribution in [3.8, 4) is 0 Å². The molecule has 1 aromatic heterocycles. The molecule has 0 radical (unpaired) electrons. The van der Waals surface area contributed by atoms with Gasteiger partial charge in [0.2, 0.25) is 0 Å². The van der Waals surface area contributed by atoms with Gasteiger partial charge in [-0.1, -0.05) is 30.3 Å². The first-order valence-corrected chi connectivity index (χ1v) is 8.86. The molecular formula is C16H21BrN2S+2. The summed E-state index contributed by atoms with van der Waals surface area (Å²) in [5, 5.41) is 0. The number of halogens is 1. The van der Waals surface area contributed by atoms with Crippen molar-refractivity contribution in [1.29, 1.82) is 0 Å². The summed E-state index contributed by atoms with van der Waals surface area (Å²) in [7, 11) is 0. The molecule has 1 fully saturated rings. The molecule has 2 N–H and O–H groups in total. The Bertz CT molecular complexity index is 532. The van der Waals surface area contributed by atoms with Crippen molar-refractivity contribution < 1.29 is 9.80 Å². The molecule has 106 valence electrons. The van der Waals surface area contributed by atoms with Crippen LogP contribution >= 0.6 is 27.3 Å². The van der Waals surface area contributed by atoms with Gasteiger partial charge in [0, 0.05) is 5.56 Å². The van der Waals surface area contributed by atoms with Crippen molar-refractivity contribution in [2.24, 2.45) is 0 Å². The lowest BCUT2D eigenvalue weighted by molar-refractivity contribution is -1.02. The third-order valence-electron chi connectivity index (χ3n) is 4.01. The van der Waals surface area contributed by atoms with E-state index in [1.165, 1.54) is 53.5 Å². The molecule has 1 aliphatic rings. The maximum absolute atomic E-state index is 3.55. The lowest BCUT2D eigenvalue weighted by atomic mass is 10.2. The van der Waals surface area contributed by atoms with E-state index >= 15 is 0 Å². The van der Waals surface area contributed by atoms with Crippen LogP contribution < -0.4 is 9.80 Å². The first-order valence-electron chi connectivity index (χ1n) is 7.25. The van der Waals surface area contributed by atoms with Gasteiger partial charge in [-0.3, -0.25) is 0 Å². The Labute approximate surface area is 133 Å². The Balaban J connectivity index is 1.47. The van der Waals surface area contributed by atoms with E-state index in [9.17, 15) is 0 Å². The number of benzene rings is 1. The number of thiophene rings is 1. The van der Waals surface area contributed by atoms with Crippen LogP contribution in [0, 0.1) is 0 Å². The highest BCUT2D eigenvalue weighted by atomic mass is 79.9. The van der Waals surface area contributed by atoms with Gasteiger partial charge in [-0.2, -0.15) is 0 Å². The summed E-state index contributed by atoms with van der Waals surface area (Å²) < 4.78 is 1.25. The van der Waals surface area contributed by atoms with Gasteiger partial charge < -0.3 is 9.80 Å². The number of piperazine rings is 1. The summed E-state index contributed by atoms with van der Waals surface area (Å²) in [5.41, 5.74) is 1.47. The molecule has 0 aliphatic carbocycles. The van der Waals surface area contributed by atoms with Gasteiger partial charge >= 0.3 is 0 Å². The Morgan fingerprint density at radius 1 is 0.850 bits per heavy atom. The van der Waals surface area contributed by atoms with E-state index in [-0.39, 0.29) is 0 Å². The van der Waals surface area contributed by atoms with Crippen molar-refractivity contribution in [1.82, 2.24) is 0 Å². The minimum absolute atomic E-state index is 1.18. The standard InChI is InChI=1S/C16H19BrN2S/c17-16-7-6-15(20-16)13-19-10-8-18(9-11-19)12-14-4-2-1-3-5-14/h1-7H,8-13H2/p+2. The predicted molar refractivity (Wildman–Crippen MR) is 87.3 cm³/mol. The molecule has 1 saturated heterocycles. The van der Waals surface area contributed by atoms with Crippen LogP contribution in [0.25, 0.3) is 0 Å². The molecule has 2 aromatic rings. The molecule has 1 aliphatic heterocycles. The molecule has 20 heavy (non-hydrogen) atoms. The minimum Gasteiger partial charge on any atom is -0.322 e. The Morgan fingerprint density at radius 2 is 1.50 bits per heavy atom. The molecule has 0 atom stereocenters. The molecule has 0 bridgehead atoms. The number of hydrogen-bond acceptors (Lipinski definition) is 1. The number of quaternary nitrogens is 2. The van der Waals surface area contributed by atoms with E-state index in [0.29, 0.717) is 0 Å². The van der Waals surface area contributed by atoms with Gasteiger partial charge in [0.1, 0.15) is 39.3 Å². The zero-order valence-corrected chi connectivity index (χ0v) is 14.0. The second-order valence-corrected chi connectivity index (χ2v) is 8.09. The average Bonchev–Trinajstić information content (AvgIpc) is 2.88. The van der Waals surface area contributed by atoms with Gasteiger partial charge in [-0.25, -0.2) is 0 Å². The molecule has 1 aromatic carbocycles. The fourth-order valence-electron chi connectivity index (χ4n) is 2.89. The van der Waals surface area contributed by atoms with Crippen LogP contribution in [0.5, 0.6) is 0 Å². The summed E-state index contributed by atoms with van der Waals surface area (Å²) in [6.07, 6.45) is 0. The predicted octanol–water partition coefficient (Wildman–Crippen LogP) is 0.994. The summed E-state index contributed by atoms with van der Waals surface area (Å²) in [6, 6.07) is 15.3. The highest BCUT2D eigenvalue weighted by Crippen LogP contribution is 2.21. The first-order chi connectivity index (χ1) is 9.79. The van der Waals surface area contributed by atoms with E-state index in [4.69, 9.17) is 0 Å². The summed E-state index contributed by atoms with van der Waals surface area (Å²) in [6.45, 7) is 7.52. The number of rotatable bonds is 4. The Hall–Kier alpha value is -0.680. The van der Waals surface area contributed by atoms with Crippen LogP contribution in [0.4, 0.5) is 0 Å². The quantitative estimate of drug-likeness (QED) is 0.812. The largest absolute Gasteiger partial charge is 0.322 e. The SMILES string of the molecule is Brc1ccc(C[NH+]2CC[NH+](Cc3ccccc3)CC2)s1. The zero-order valence-electron chi connectivity index (χ0n) is 11.6. The number of nitrogens with one attached hydrogen (secondary N) is 2. The van der Waals surface area contributed by atoms with Crippen LogP contribution in [0.3, 0.4) is 0 Å². The normalized spacial score (nSPS) is 22.9. The second-order valence-electron chi connectivity index (χ2n) is 5.54. The number of hydrogen-bond donors (Lipinski definition) is 2. The highest BCUT2D eigenvalue weighted by molar-refractivity contribution is 9.11. The Morgan fingerprint density at radius 3 is 2.10 bits per heavy atom. The maximum Gasteiger partial charge on any atom is 0.127 e. The van der Waals surface area contributed by atoms with Gasteiger partial charge in [-0.15, -0.1) is 11.3 Å². The average molecular weight is 353 g/mol. The van der Waals surface area contributed by atoms with Crippen LogP contribution in [0.15, 0.2) is 46.3 Å². The van der Waals surface area contributed by atoms with Gasteiger partial charge in [0.25, 0.3) is 0 Å². The van der Waals surface area contributed by atoms with E-state index in [1.54, 1.807) is 9.80 Å². The topological polar surface area (TPSA) is 8.88 Å². The third-order valence-corrected chi connectivity index (χ3v) is 5.64. The Kier molecular flexibility index (Phi) is 4.89. The molecule has 2 heterocycles. The van der Waals surface area contributed by atoms with E-state index in [1.807, 2.05) is 11.3 Å². The first kappa shape index (κ1) is 14.3.